The topological polar surface area (TPSA) is 49.7 Å². The van der Waals surface area contributed by atoms with Gasteiger partial charge in [-0.3, -0.25) is 0 Å². The molecule has 0 heterocycles. The standard InChI is InChI=1S/C17H22N2O2S2/c1-4-18-22(16-9-7-6-8-10-16)19(5-2)23(20,21)17-13-11-15(3)12-14-17/h6-14H,4-5H2,1-3H3. The largest absolute Gasteiger partial charge is 0.253 e. The first-order chi connectivity index (χ1) is 11.0. The number of hydrogen-bond donors (Lipinski definition) is 0. The molecule has 0 radical (unpaired) electrons. The third-order valence-corrected chi connectivity index (χ3v) is 7.76. The molecule has 0 spiro atoms. The Morgan fingerprint density at radius 2 is 1.61 bits per heavy atom. The summed E-state index contributed by atoms with van der Waals surface area (Å²) in [7, 11) is -4.42. The van der Waals surface area contributed by atoms with Crippen LogP contribution < -0.4 is 0 Å². The lowest BCUT2D eigenvalue weighted by Crippen LogP contribution is -2.32. The maximum atomic E-state index is 13.0. The molecule has 0 N–H and O–H groups in total. The molecular formula is C17H22N2O2S2. The molecule has 0 saturated carbocycles. The normalized spacial score (nSPS) is 13.4. The molecule has 6 heteroatoms. The molecule has 0 fully saturated rings. The van der Waals surface area contributed by atoms with E-state index >= 15 is 0 Å². The molecule has 23 heavy (non-hydrogen) atoms. The van der Waals surface area contributed by atoms with E-state index in [9.17, 15) is 8.42 Å². The minimum atomic E-state index is -3.59. The fourth-order valence-electron chi connectivity index (χ4n) is 2.13. The van der Waals surface area contributed by atoms with Gasteiger partial charge in [0.05, 0.1) is 4.90 Å². The zero-order valence-electron chi connectivity index (χ0n) is 13.6. The maximum absolute atomic E-state index is 13.0. The van der Waals surface area contributed by atoms with E-state index < -0.39 is 20.9 Å². The van der Waals surface area contributed by atoms with Gasteiger partial charge < -0.3 is 0 Å². The van der Waals surface area contributed by atoms with E-state index in [-0.39, 0.29) is 0 Å². The van der Waals surface area contributed by atoms with E-state index in [1.54, 1.807) is 12.1 Å². The van der Waals surface area contributed by atoms with Crippen LogP contribution in [0.5, 0.6) is 0 Å². The fourth-order valence-corrected chi connectivity index (χ4v) is 5.99. The number of rotatable bonds is 6. The molecule has 0 amide bonds. The molecule has 0 saturated heterocycles. The summed E-state index contributed by atoms with van der Waals surface area (Å²) < 4.78 is 32.1. The van der Waals surface area contributed by atoms with Crippen molar-refractivity contribution in [3.63, 3.8) is 0 Å². The number of benzene rings is 2. The van der Waals surface area contributed by atoms with Crippen molar-refractivity contribution >= 4 is 20.9 Å². The van der Waals surface area contributed by atoms with Gasteiger partial charge in [-0.15, -0.1) is 3.71 Å². The number of nitrogens with zero attached hydrogens (tertiary/aromatic N) is 2. The van der Waals surface area contributed by atoms with Gasteiger partial charge in [-0.05, 0) is 38.1 Å². The van der Waals surface area contributed by atoms with Crippen molar-refractivity contribution in [2.45, 2.75) is 30.6 Å². The van der Waals surface area contributed by atoms with Gasteiger partial charge in [0.25, 0.3) is 10.0 Å². The first-order valence-electron chi connectivity index (χ1n) is 7.57. The number of sulfonamides is 1. The zero-order valence-corrected chi connectivity index (χ0v) is 15.3. The molecule has 2 rings (SSSR count). The molecule has 2 aromatic carbocycles. The summed E-state index contributed by atoms with van der Waals surface area (Å²) in [4.78, 5) is 1.22. The minimum Gasteiger partial charge on any atom is -0.244 e. The molecule has 1 atom stereocenters. The highest BCUT2D eigenvalue weighted by Crippen LogP contribution is 2.23. The summed E-state index contributed by atoms with van der Waals surface area (Å²) in [6.45, 7) is 6.65. The maximum Gasteiger partial charge on any atom is 0.253 e. The van der Waals surface area contributed by atoms with E-state index in [4.69, 9.17) is 0 Å². The Morgan fingerprint density at radius 1 is 1.00 bits per heavy atom. The minimum absolute atomic E-state index is 0.310. The van der Waals surface area contributed by atoms with Crippen molar-refractivity contribution in [3.8, 4) is 0 Å². The smallest absolute Gasteiger partial charge is 0.244 e. The van der Waals surface area contributed by atoms with Crippen LogP contribution in [-0.4, -0.2) is 25.2 Å². The van der Waals surface area contributed by atoms with Gasteiger partial charge in [0.15, 0.2) is 0 Å². The molecule has 1 unspecified atom stereocenters. The summed E-state index contributed by atoms with van der Waals surface area (Å²) in [6.07, 6.45) is 0. The van der Waals surface area contributed by atoms with Crippen LogP contribution >= 0.6 is 0 Å². The first-order valence-corrected chi connectivity index (χ1v) is 10.1. The van der Waals surface area contributed by atoms with Gasteiger partial charge >= 0.3 is 0 Å². The molecular weight excluding hydrogens is 328 g/mol. The van der Waals surface area contributed by atoms with Gasteiger partial charge in [0.1, 0.15) is 0 Å². The van der Waals surface area contributed by atoms with Crippen molar-refractivity contribution in [1.82, 2.24) is 3.71 Å². The second-order valence-corrected chi connectivity index (χ2v) is 8.75. The van der Waals surface area contributed by atoms with Crippen LogP contribution in [0, 0.1) is 6.92 Å². The predicted molar refractivity (Wildman–Crippen MR) is 95.8 cm³/mol. The van der Waals surface area contributed by atoms with Crippen molar-refractivity contribution in [2.24, 2.45) is 4.36 Å². The summed E-state index contributed by atoms with van der Waals surface area (Å²) >= 11 is 0. The lowest BCUT2D eigenvalue weighted by molar-refractivity contribution is 0.547. The Bertz CT molecular complexity index is 770. The molecule has 0 aliphatic rings. The molecule has 0 aliphatic carbocycles. The van der Waals surface area contributed by atoms with Crippen LogP contribution in [0.4, 0.5) is 0 Å². The van der Waals surface area contributed by atoms with Crippen LogP contribution in [0.25, 0.3) is 0 Å². The number of aryl methyl sites for hydroxylation is 1. The molecule has 4 nitrogen and oxygen atoms in total. The van der Waals surface area contributed by atoms with Crippen LogP contribution in [0.3, 0.4) is 0 Å². The summed E-state index contributed by atoms with van der Waals surface area (Å²) in [5.41, 5.74) is 1.03. The highest BCUT2D eigenvalue weighted by molar-refractivity contribution is 8.02. The van der Waals surface area contributed by atoms with Gasteiger partial charge in [0.2, 0.25) is 0 Å². The zero-order chi connectivity index (χ0) is 16.9. The van der Waals surface area contributed by atoms with Crippen LogP contribution in [-0.2, 0) is 20.9 Å². The molecule has 0 bridgehead atoms. The summed E-state index contributed by atoms with van der Waals surface area (Å²) in [6, 6.07) is 16.5. The van der Waals surface area contributed by atoms with Crippen molar-refractivity contribution in [3.05, 3.63) is 60.2 Å². The van der Waals surface area contributed by atoms with Crippen LogP contribution in [0.1, 0.15) is 19.4 Å². The molecule has 0 aromatic heterocycles. The van der Waals surface area contributed by atoms with E-state index in [0.29, 0.717) is 18.0 Å². The SMILES string of the molecule is CCN=S(c1ccccc1)N(CC)S(=O)(=O)c1ccc(C)cc1. The molecule has 2 aromatic rings. The Hall–Kier alpha value is -1.50. The second-order valence-electron chi connectivity index (χ2n) is 4.96. The highest BCUT2D eigenvalue weighted by atomic mass is 32.3. The molecule has 124 valence electrons. The van der Waals surface area contributed by atoms with Crippen molar-refractivity contribution < 1.29 is 8.42 Å². The third-order valence-electron chi connectivity index (χ3n) is 3.24. The Balaban J connectivity index is 2.51. The summed E-state index contributed by atoms with van der Waals surface area (Å²) in [5.74, 6) is 0. The van der Waals surface area contributed by atoms with Crippen LogP contribution in [0.2, 0.25) is 0 Å². The molecule has 0 aliphatic heterocycles. The fraction of sp³-hybridized carbons (Fsp3) is 0.294. The number of hydrogen-bond acceptors (Lipinski definition) is 3. The van der Waals surface area contributed by atoms with E-state index in [0.717, 1.165) is 10.5 Å². The van der Waals surface area contributed by atoms with Gasteiger partial charge in [-0.1, -0.05) is 42.8 Å². The quantitative estimate of drug-likeness (QED) is 0.795. The first kappa shape index (κ1) is 17.8. The monoisotopic (exact) mass is 350 g/mol. The van der Waals surface area contributed by atoms with Gasteiger partial charge in [-0.2, -0.15) is 0 Å². The van der Waals surface area contributed by atoms with Crippen LogP contribution in [0.15, 0.2) is 68.8 Å². The average molecular weight is 351 g/mol. The predicted octanol–water partition coefficient (Wildman–Crippen LogP) is 3.80. The van der Waals surface area contributed by atoms with Gasteiger partial charge in [0, 0.05) is 28.9 Å². The van der Waals surface area contributed by atoms with Crippen molar-refractivity contribution in [1.29, 1.82) is 0 Å². The third kappa shape index (κ3) is 4.07. The Morgan fingerprint density at radius 3 is 2.13 bits per heavy atom. The Labute approximate surface area is 141 Å². The van der Waals surface area contributed by atoms with Crippen molar-refractivity contribution in [2.75, 3.05) is 13.1 Å². The highest BCUT2D eigenvalue weighted by Gasteiger charge is 2.27. The van der Waals surface area contributed by atoms with E-state index in [2.05, 4.69) is 4.36 Å². The lowest BCUT2D eigenvalue weighted by Gasteiger charge is -2.23. The summed E-state index contributed by atoms with van der Waals surface area (Å²) in [5, 5.41) is 0. The lowest BCUT2D eigenvalue weighted by atomic mass is 10.2. The second kappa shape index (κ2) is 7.86. The van der Waals surface area contributed by atoms with E-state index in [1.165, 1.54) is 3.71 Å². The van der Waals surface area contributed by atoms with Gasteiger partial charge in [-0.25, -0.2) is 12.8 Å². The average Bonchev–Trinajstić information content (AvgIpc) is 2.56. The van der Waals surface area contributed by atoms with E-state index in [1.807, 2.05) is 63.2 Å². The Kier molecular flexibility index (Phi) is 6.10.